The molecule has 0 unspecified atom stereocenters. The van der Waals surface area contributed by atoms with Crippen molar-refractivity contribution in [2.75, 3.05) is 11.4 Å². The van der Waals surface area contributed by atoms with Gasteiger partial charge in [-0.25, -0.2) is 4.98 Å². The number of carbonyl (C=O) groups is 1. The lowest BCUT2D eigenvalue weighted by molar-refractivity contribution is -0.344. The van der Waals surface area contributed by atoms with E-state index < -0.39 is 0 Å². The molecule has 0 bridgehead atoms. The van der Waals surface area contributed by atoms with Crippen LogP contribution < -0.4 is 22.3 Å². The van der Waals surface area contributed by atoms with Gasteiger partial charge < -0.3 is 17.3 Å². The Hall–Kier alpha value is -2.30. The number of Topliss-reactive ketones (excluding diaryl/α,β-unsaturated/α-hetero) is 1. The van der Waals surface area contributed by atoms with Gasteiger partial charge in [0.25, 0.3) is 0 Å². The standard InChI is InChI=1S/C22H20N2OS.ClH/c1-15(2)20(25)14-24-19-9-5-6-10-21(19)26-22(24)13-16-11-12-23-18-8-4-3-7-17(16)18;/h3-13,15H,14H2,1-2H3;1H/b22-13-;. The number of aromatic nitrogens is 1. The summed E-state index contributed by atoms with van der Waals surface area (Å²) >= 11 is 1.73. The van der Waals surface area contributed by atoms with Crippen LogP contribution in [0.1, 0.15) is 19.4 Å². The maximum atomic E-state index is 12.4. The van der Waals surface area contributed by atoms with Crippen LogP contribution in [0.2, 0.25) is 0 Å². The molecule has 0 saturated carbocycles. The molecule has 0 spiro atoms. The third-order valence-electron chi connectivity index (χ3n) is 4.61. The Balaban J connectivity index is 0.00000210. The van der Waals surface area contributed by atoms with Gasteiger partial charge in [0.05, 0.1) is 22.6 Å². The number of H-pyrrole nitrogens is 1. The predicted molar refractivity (Wildman–Crippen MR) is 108 cm³/mol. The number of thioether (sulfide) groups is 1. The summed E-state index contributed by atoms with van der Waals surface area (Å²) in [5, 5.41) is 2.27. The number of nitrogens with one attached hydrogen (secondary N) is 1. The average molecular weight is 397 g/mol. The van der Waals surface area contributed by atoms with Crippen molar-refractivity contribution in [3.8, 4) is 0 Å². The third kappa shape index (κ3) is 3.87. The van der Waals surface area contributed by atoms with Crippen LogP contribution >= 0.6 is 11.8 Å². The molecule has 3 aromatic rings. The minimum Gasteiger partial charge on any atom is -1.00 e. The van der Waals surface area contributed by atoms with Gasteiger partial charge in [-0.2, -0.15) is 0 Å². The number of anilines is 1. The van der Waals surface area contributed by atoms with E-state index in [1.807, 2.05) is 38.2 Å². The summed E-state index contributed by atoms with van der Waals surface area (Å²) in [5.41, 5.74) is 3.37. The first-order chi connectivity index (χ1) is 12.6. The molecule has 1 aliphatic heterocycles. The summed E-state index contributed by atoms with van der Waals surface area (Å²) in [6, 6.07) is 18.6. The molecule has 2 aromatic carbocycles. The number of benzene rings is 2. The van der Waals surface area contributed by atoms with Crippen molar-refractivity contribution in [3.63, 3.8) is 0 Å². The summed E-state index contributed by atoms with van der Waals surface area (Å²) in [6.45, 7) is 4.33. The maximum Gasteiger partial charge on any atom is 0.211 e. The number of halogens is 1. The minimum absolute atomic E-state index is 0. The quantitative estimate of drug-likeness (QED) is 0.674. The Kier molecular flexibility index (Phi) is 5.88. The highest BCUT2D eigenvalue weighted by Gasteiger charge is 2.27. The molecule has 1 N–H and O–H groups in total. The van der Waals surface area contributed by atoms with Gasteiger partial charge in [0, 0.05) is 22.9 Å². The summed E-state index contributed by atoms with van der Waals surface area (Å²) in [6.07, 6.45) is 4.15. The number of nitrogens with zero attached hydrogens (tertiary/aromatic N) is 1. The molecule has 0 saturated heterocycles. The Morgan fingerprint density at radius 1 is 1.11 bits per heavy atom. The lowest BCUT2D eigenvalue weighted by atomic mass is 10.1. The molecular formula is C22H21ClN2OS. The van der Waals surface area contributed by atoms with Gasteiger partial charge in [0.1, 0.15) is 0 Å². The number of aromatic amines is 1. The fourth-order valence-corrected chi connectivity index (χ4v) is 4.21. The van der Waals surface area contributed by atoms with E-state index in [0.717, 1.165) is 21.8 Å². The van der Waals surface area contributed by atoms with E-state index in [9.17, 15) is 4.79 Å². The number of pyridine rings is 1. The van der Waals surface area contributed by atoms with Gasteiger partial charge in [0.2, 0.25) is 5.52 Å². The van der Waals surface area contributed by atoms with E-state index in [-0.39, 0.29) is 24.1 Å². The Labute approximate surface area is 169 Å². The lowest BCUT2D eigenvalue weighted by Crippen LogP contribution is -3.00. The molecule has 138 valence electrons. The van der Waals surface area contributed by atoms with Crippen molar-refractivity contribution in [1.82, 2.24) is 0 Å². The molecule has 0 atom stereocenters. The predicted octanol–water partition coefficient (Wildman–Crippen LogP) is 1.79. The number of hydrogen-bond acceptors (Lipinski definition) is 3. The van der Waals surface area contributed by atoms with E-state index in [1.54, 1.807) is 11.8 Å². The monoisotopic (exact) mass is 396 g/mol. The molecule has 0 fully saturated rings. The summed E-state index contributed by atoms with van der Waals surface area (Å²) in [7, 11) is 0. The molecule has 27 heavy (non-hydrogen) atoms. The van der Waals surface area contributed by atoms with Gasteiger partial charge in [-0.15, -0.1) is 0 Å². The van der Waals surface area contributed by atoms with Crippen molar-refractivity contribution in [3.05, 3.63) is 71.4 Å². The first-order valence-corrected chi connectivity index (χ1v) is 9.63. The Morgan fingerprint density at radius 3 is 2.67 bits per heavy atom. The van der Waals surface area contributed by atoms with Gasteiger partial charge in [-0.3, -0.25) is 4.79 Å². The van der Waals surface area contributed by atoms with Crippen LogP contribution in [-0.2, 0) is 4.79 Å². The molecule has 2 heterocycles. The number of fused-ring (bicyclic) bond motifs is 2. The molecule has 5 heteroatoms. The number of carbonyl (C=O) groups excluding carboxylic acids is 1. The fourth-order valence-electron chi connectivity index (χ4n) is 3.09. The van der Waals surface area contributed by atoms with Gasteiger partial charge in [0.15, 0.2) is 12.0 Å². The number of hydrogen-bond donors (Lipinski definition) is 0. The summed E-state index contributed by atoms with van der Waals surface area (Å²) in [5.74, 6) is 0.278. The summed E-state index contributed by atoms with van der Waals surface area (Å²) < 4.78 is 0. The van der Waals surface area contributed by atoms with Crippen molar-refractivity contribution >= 4 is 40.2 Å². The van der Waals surface area contributed by atoms with Crippen molar-refractivity contribution in [1.29, 1.82) is 0 Å². The van der Waals surface area contributed by atoms with E-state index in [2.05, 4.69) is 52.4 Å². The Bertz CT molecular complexity index is 1010. The number of para-hydroxylation sites is 2. The highest BCUT2D eigenvalue weighted by molar-refractivity contribution is 8.03. The van der Waals surface area contributed by atoms with Gasteiger partial charge in [-0.05, 0) is 29.8 Å². The van der Waals surface area contributed by atoms with E-state index in [4.69, 9.17) is 0 Å². The van der Waals surface area contributed by atoms with Crippen LogP contribution in [0.25, 0.3) is 17.0 Å². The van der Waals surface area contributed by atoms with Gasteiger partial charge in [-0.1, -0.05) is 49.9 Å². The number of ketones is 1. The highest BCUT2D eigenvalue weighted by atomic mass is 35.5. The minimum atomic E-state index is 0. The molecule has 3 nitrogen and oxygen atoms in total. The molecule has 1 aliphatic rings. The van der Waals surface area contributed by atoms with Crippen LogP contribution in [0.5, 0.6) is 0 Å². The molecular weight excluding hydrogens is 376 g/mol. The fraction of sp³-hybridized carbons (Fsp3) is 0.182. The molecule has 0 amide bonds. The van der Waals surface area contributed by atoms with E-state index in [0.29, 0.717) is 6.54 Å². The van der Waals surface area contributed by atoms with E-state index >= 15 is 0 Å². The van der Waals surface area contributed by atoms with Crippen LogP contribution in [0.3, 0.4) is 0 Å². The van der Waals surface area contributed by atoms with Crippen molar-refractivity contribution < 1.29 is 22.2 Å². The maximum absolute atomic E-state index is 12.4. The summed E-state index contributed by atoms with van der Waals surface area (Å²) in [4.78, 5) is 19.1. The second-order valence-corrected chi connectivity index (χ2v) is 7.80. The zero-order chi connectivity index (χ0) is 18.1. The normalized spacial score (nSPS) is 14.5. The van der Waals surface area contributed by atoms with Crippen LogP contribution in [0.15, 0.2) is 70.7 Å². The number of rotatable bonds is 4. The van der Waals surface area contributed by atoms with Crippen molar-refractivity contribution in [2.24, 2.45) is 5.92 Å². The molecule has 0 radical (unpaired) electrons. The van der Waals surface area contributed by atoms with E-state index in [1.165, 1.54) is 10.3 Å². The zero-order valence-electron chi connectivity index (χ0n) is 15.3. The van der Waals surface area contributed by atoms with Gasteiger partial charge >= 0.3 is 0 Å². The molecule has 4 rings (SSSR count). The van der Waals surface area contributed by atoms with Crippen molar-refractivity contribution in [2.45, 2.75) is 18.7 Å². The topological polar surface area (TPSA) is 34.5 Å². The first kappa shape index (κ1) is 19.5. The Morgan fingerprint density at radius 2 is 1.85 bits per heavy atom. The van der Waals surface area contributed by atoms with Crippen LogP contribution in [0, 0.1) is 5.92 Å². The third-order valence-corrected chi connectivity index (χ3v) is 5.73. The second-order valence-electron chi connectivity index (χ2n) is 6.74. The first-order valence-electron chi connectivity index (χ1n) is 8.82. The largest absolute Gasteiger partial charge is 1.00 e. The van der Waals surface area contributed by atoms with Crippen LogP contribution in [0.4, 0.5) is 5.69 Å². The lowest BCUT2D eigenvalue weighted by Gasteiger charge is -2.20. The van der Waals surface area contributed by atoms with Crippen LogP contribution in [-0.4, -0.2) is 12.3 Å². The SMILES string of the molecule is CC(C)C(=O)CN1/C(=C/c2cc[nH+]c3ccccc23)Sc2ccccc21.[Cl-]. The smallest absolute Gasteiger partial charge is 0.211 e. The zero-order valence-corrected chi connectivity index (χ0v) is 16.8. The average Bonchev–Trinajstić information content (AvgIpc) is 2.99. The molecule has 1 aromatic heterocycles. The second kappa shape index (κ2) is 8.15. The highest BCUT2D eigenvalue weighted by Crippen LogP contribution is 2.46. The molecule has 0 aliphatic carbocycles.